The highest BCUT2D eigenvalue weighted by Gasteiger charge is 2.27. The normalized spacial score (nSPS) is 19.5. The summed E-state index contributed by atoms with van der Waals surface area (Å²) in [5, 5.41) is 4.52. The summed E-state index contributed by atoms with van der Waals surface area (Å²) in [5.41, 5.74) is 1.07. The Morgan fingerprint density at radius 1 is 1.25 bits per heavy atom. The molecule has 0 atom stereocenters. The molecule has 1 aromatic heterocycles. The van der Waals surface area contributed by atoms with Gasteiger partial charge in [0.25, 0.3) is 0 Å². The van der Waals surface area contributed by atoms with Gasteiger partial charge in [0.1, 0.15) is 13.2 Å². The average molecular weight is 335 g/mol. The maximum absolute atomic E-state index is 12.4. The van der Waals surface area contributed by atoms with E-state index in [0.29, 0.717) is 19.7 Å². The van der Waals surface area contributed by atoms with E-state index in [1.54, 1.807) is 0 Å². The van der Waals surface area contributed by atoms with Gasteiger partial charge in [0.15, 0.2) is 0 Å². The number of cyclic esters (lactones) is 1. The van der Waals surface area contributed by atoms with Crippen molar-refractivity contribution in [3.8, 4) is 0 Å². The van der Waals surface area contributed by atoms with E-state index in [2.05, 4.69) is 23.0 Å². The van der Waals surface area contributed by atoms with Crippen LogP contribution in [0.3, 0.4) is 0 Å². The van der Waals surface area contributed by atoms with Crippen molar-refractivity contribution in [1.82, 2.24) is 24.5 Å². The standard InChI is InChI=1S/C16H25N5O3/c1-2-21-7-4-14(17-21)12-18-5-3-6-19(9-8-18)15(22)13-20-10-11-24-16(20)23/h4,7H,2-3,5-6,8-13H2,1H3. The molecule has 2 amide bonds. The van der Waals surface area contributed by atoms with Gasteiger partial charge in [0.2, 0.25) is 5.91 Å². The van der Waals surface area contributed by atoms with Crippen LogP contribution in [0.2, 0.25) is 0 Å². The van der Waals surface area contributed by atoms with Gasteiger partial charge in [-0.3, -0.25) is 19.3 Å². The first-order valence-corrected chi connectivity index (χ1v) is 8.60. The van der Waals surface area contributed by atoms with Crippen LogP contribution in [0.5, 0.6) is 0 Å². The van der Waals surface area contributed by atoms with E-state index >= 15 is 0 Å². The lowest BCUT2D eigenvalue weighted by Gasteiger charge is -2.23. The third kappa shape index (κ3) is 4.05. The first kappa shape index (κ1) is 16.8. The number of carbonyl (C=O) groups is 2. The van der Waals surface area contributed by atoms with Crippen LogP contribution < -0.4 is 0 Å². The summed E-state index contributed by atoms with van der Waals surface area (Å²) in [6.07, 6.45) is 2.55. The molecule has 0 unspecified atom stereocenters. The van der Waals surface area contributed by atoms with E-state index in [0.717, 1.165) is 44.8 Å². The van der Waals surface area contributed by atoms with Crippen molar-refractivity contribution in [2.75, 3.05) is 45.9 Å². The summed E-state index contributed by atoms with van der Waals surface area (Å²) >= 11 is 0. The fourth-order valence-electron chi connectivity index (χ4n) is 3.10. The van der Waals surface area contributed by atoms with Crippen LogP contribution in [0.25, 0.3) is 0 Å². The molecule has 0 saturated carbocycles. The number of aryl methyl sites for hydroxylation is 1. The van der Waals surface area contributed by atoms with Gasteiger partial charge < -0.3 is 9.64 Å². The SMILES string of the molecule is CCn1ccc(CN2CCCN(C(=O)CN3CCOC3=O)CC2)n1. The van der Waals surface area contributed by atoms with Gasteiger partial charge in [-0.15, -0.1) is 0 Å². The average Bonchev–Trinajstić information content (AvgIpc) is 3.11. The lowest BCUT2D eigenvalue weighted by Crippen LogP contribution is -2.42. The lowest BCUT2D eigenvalue weighted by molar-refractivity contribution is -0.131. The molecule has 2 saturated heterocycles. The molecule has 2 aliphatic heterocycles. The van der Waals surface area contributed by atoms with Crippen molar-refractivity contribution < 1.29 is 14.3 Å². The molecule has 24 heavy (non-hydrogen) atoms. The minimum atomic E-state index is -0.383. The maximum Gasteiger partial charge on any atom is 0.410 e. The zero-order chi connectivity index (χ0) is 16.9. The molecule has 3 rings (SSSR count). The van der Waals surface area contributed by atoms with E-state index in [9.17, 15) is 9.59 Å². The third-order valence-corrected chi connectivity index (χ3v) is 4.52. The van der Waals surface area contributed by atoms with E-state index in [4.69, 9.17) is 4.74 Å². The summed E-state index contributed by atoms with van der Waals surface area (Å²) in [6, 6.07) is 2.05. The second kappa shape index (κ2) is 7.65. The number of rotatable bonds is 5. The molecular formula is C16H25N5O3. The first-order chi connectivity index (χ1) is 11.7. The van der Waals surface area contributed by atoms with Crippen molar-refractivity contribution >= 4 is 12.0 Å². The van der Waals surface area contributed by atoms with Gasteiger partial charge in [-0.1, -0.05) is 0 Å². The molecule has 8 nitrogen and oxygen atoms in total. The molecule has 0 spiro atoms. The molecule has 3 heterocycles. The van der Waals surface area contributed by atoms with Gasteiger partial charge in [-0.05, 0) is 19.4 Å². The van der Waals surface area contributed by atoms with Crippen LogP contribution in [0.1, 0.15) is 19.0 Å². The van der Waals surface area contributed by atoms with Crippen LogP contribution in [-0.2, 0) is 22.6 Å². The van der Waals surface area contributed by atoms with E-state index in [1.165, 1.54) is 4.90 Å². The predicted molar refractivity (Wildman–Crippen MR) is 87.3 cm³/mol. The Balaban J connectivity index is 1.49. The van der Waals surface area contributed by atoms with Crippen molar-refractivity contribution in [2.45, 2.75) is 26.4 Å². The zero-order valence-corrected chi connectivity index (χ0v) is 14.2. The molecule has 0 aromatic carbocycles. The molecule has 132 valence electrons. The van der Waals surface area contributed by atoms with Gasteiger partial charge >= 0.3 is 6.09 Å². The Hall–Kier alpha value is -2.09. The molecule has 0 aliphatic carbocycles. The molecule has 0 radical (unpaired) electrons. The molecule has 1 aromatic rings. The van der Waals surface area contributed by atoms with Crippen molar-refractivity contribution in [1.29, 1.82) is 0 Å². The van der Waals surface area contributed by atoms with Crippen LogP contribution in [0.15, 0.2) is 12.3 Å². The number of aromatic nitrogens is 2. The summed E-state index contributed by atoms with van der Waals surface area (Å²) < 4.78 is 6.80. The highest BCUT2D eigenvalue weighted by molar-refractivity contribution is 5.82. The molecule has 0 bridgehead atoms. The fraction of sp³-hybridized carbons (Fsp3) is 0.688. The number of carbonyl (C=O) groups excluding carboxylic acids is 2. The van der Waals surface area contributed by atoms with Crippen molar-refractivity contribution in [2.24, 2.45) is 0 Å². The molecule has 0 N–H and O–H groups in total. The van der Waals surface area contributed by atoms with E-state index in [-0.39, 0.29) is 18.5 Å². The van der Waals surface area contributed by atoms with Crippen molar-refractivity contribution in [3.05, 3.63) is 18.0 Å². The summed E-state index contributed by atoms with van der Waals surface area (Å²) in [4.78, 5) is 29.5. The molecule has 2 aliphatic rings. The summed E-state index contributed by atoms with van der Waals surface area (Å²) in [7, 11) is 0. The summed E-state index contributed by atoms with van der Waals surface area (Å²) in [6.45, 7) is 7.98. The Labute approximate surface area is 141 Å². The Kier molecular flexibility index (Phi) is 5.34. The van der Waals surface area contributed by atoms with Crippen LogP contribution in [0.4, 0.5) is 4.79 Å². The Morgan fingerprint density at radius 3 is 2.83 bits per heavy atom. The van der Waals surface area contributed by atoms with E-state index in [1.807, 2.05) is 15.8 Å². The zero-order valence-electron chi connectivity index (χ0n) is 14.2. The number of amides is 2. The fourth-order valence-corrected chi connectivity index (χ4v) is 3.10. The number of hydrogen-bond donors (Lipinski definition) is 0. The molecular weight excluding hydrogens is 310 g/mol. The minimum Gasteiger partial charge on any atom is -0.448 e. The topological polar surface area (TPSA) is 70.9 Å². The quantitative estimate of drug-likeness (QED) is 0.778. The number of nitrogens with zero attached hydrogens (tertiary/aromatic N) is 5. The van der Waals surface area contributed by atoms with Gasteiger partial charge in [-0.25, -0.2) is 4.79 Å². The third-order valence-electron chi connectivity index (χ3n) is 4.52. The lowest BCUT2D eigenvalue weighted by atomic mass is 10.3. The second-order valence-electron chi connectivity index (χ2n) is 6.21. The highest BCUT2D eigenvalue weighted by Crippen LogP contribution is 2.10. The monoisotopic (exact) mass is 335 g/mol. The van der Waals surface area contributed by atoms with Crippen LogP contribution >= 0.6 is 0 Å². The van der Waals surface area contributed by atoms with Crippen LogP contribution in [-0.4, -0.2) is 82.4 Å². The largest absolute Gasteiger partial charge is 0.448 e. The highest BCUT2D eigenvalue weighted by atomic mass is 16.6. The van der Waals surface area contributed by atoms with Gasteiger partial charge in [-0.2, -0.15) is 5.10 Å². The number of hydrogen-bond acceptors (Lipinski definition) is 5. The smallest absolute Gasteiger partial charge is 0.410 e. The maximum atomic E-state index is 12.4. The minimum absolute atomic E-state index is 0.00552. The van der Waals surface area contributed by atoms with Gasteiger partial charge in [0.05, 0.1) is 12.2 Å². The summed E-state index contributed by atoms with van der Waals surface area (Å²) in [5.74, 6) is 0.00552. The Morgan fingerprint density at radius 2 is 2.12 bits per heavy atom. The second-order valence-corrected chi connectivity index (χ2v) is 6.21. The molecule has 2 fully saturated rings. The predicted octanol–water partition coefficient (Wildman–Crippen LogP) is 0.390. The number of ether oxygens (including phenoxy) is 1. The molecule has 8 heteroatoms. The Bertz CT molecular complexity index is 588. The van der Waals surface area contributed by atoms with Crippen LogP contribution in [0, 0.1) is 0 Å². The van der Waals surface area contributed by atoms with E-state index < -0.39 is 0 Å². The van der Waals surface area contributed by atoms with Gasteiger partial charge in [0, 0.05) is 45.5 Å². The van der Waals surface area contributed by atoms with Crippen molar-refractivity contribution in [3.63, 3.8) is 0 Å². The first-order valence-electron chi connectivity index (χ1n) is 8.60.